The van der Waals surface area contributed by atoms with Gasteiger partial charge in [-0.05, 0) is 53.4 Å². The molecule has 0 radical (unpaired) electrons. The summed E-state index contributed by atoms with van der Waals surface area (Å²) in [5.41, 5.74) is 0.315. The molecule has 1 aromatic carbocycles. The molecule has 3 nitrogen and oxygen atoms in total. The Morgan fingerprint density at radius 1 is 1.25 bits per heavy atom. The predicted octanol–water partition coefficient (Wildman–Crippen LogP) is 4.16. The number of ketones is 1. The zero-order valence-electron chi connectivity index (χ0n) is 12.7. The van der Waals surface area contributed by atoms with Gasteiger partial charge in [0.1, 0.15) is 11.4 Å². The maximum atomic E-state index is 12.6. The van der Waals surface area contributed by atoms with E-state index in [9.17, 15) is 4.79 Å². The summed E-state index contributed by atoms with van der Waals surface area (Å²) in [6.45, 7) is 6.49. The molecule has 0 unspecified atom stereocenters. The summed E-state index contributed by atoms with van der Waals surface area (Å²) in [6.07, 6.45) is 1.78. The summed E-state index contributed by atoms with van der Waals surface area (Å²) in [7, 11) is 1.62. The van der Waals surface area contributed by atoms with Gasteiger partial charge >= 0.3 is 0 Å². The number of carbonyl (C=O) groups is 1. The average Bonchev–Trinajstić information content (AvgIpc) is 2.45. The Hall–Kier alpha value is -0.870. The molecule has 112 valence electrons. The van der Waals surface area contributed by atoms with E-state index in [1.807, 2.05) is 39.0 Å². The normalized spacial score (nSPS) is 11.4. The third-order valence-electron chi connectivity index (χ3n) is 3.65. The molecule has 0 fully saturated rings. The van der Waals surface area contributed by atoms with Crippen molar-refractivity contribution in [3.63, 3.8) is 0 Å². The van der Waals surface area contributed by atoms with Crippen LogP contribution in [0.4, 0.5) is 0 Å². The maximum absolute atomic E-state index is 12.6. The maximum Gasteiger partial charge on any atom is 0.168 e. The van der Waals surface area contributed by atoms with E-state index in [0.29, 0.717) is 25.9 Å². The fourth-order valence-corrected chi connectivity index (χ4v) is 2.96. The van der Waals surface area contributed by atoms with E-state index in [4.69, 9.17) is 9.47 Å². The van der Waals surface area contributed by atoms with Crippen molar-refractivity contribution in [2.45, 2.75) is 45.6 Å². The van der Waals surface area contributed by atoms with E-state index in [1.54, 1.807) is 7.11 Å². The van der Waals surface area contributed by atoms with Crippen LogP contribution in [0.15, 0.2) is 22.7 Å². The van der Waals surface area contributed by atoms with Crippen molar-refractivity contribution >= 4 is 21.7 Å². The van der Waals surface area contributed by atoms with Gasteiger partial charge in [-0.25, -0.2) is 0 Å². The summed E-state index contributed by atoms with van der Waals surface area (Å²) >= 11 is 3.45. The summed E-state index contributed by atoms with van der Waals surface area (Å²) < 4.78 is 11.8. The largest absolute Gasteiger partial charge is 0.496 e. The Kier molecular flexibility index (Phi) is 6.69. The fraction of sp³-hybridized carbons (Fsp3) is 0.562. The Morgan fingerprint density at radius 2 is 1.90 bits per heavy atom. The number of Topliss-reactive ketones (excluding diaryl/α,β-unsaturated/α-hetero) is 1. The first-order valence-corrected chi connectivity index (χ1v) is 7.81. The van der Waals surface area contributed by atoms with Crippen LogP contribution >= 0.6 is 15.9 Å². The molecule has 1 rings (SSSR count). The Bertz CT molecular complexity index is 453. The fourth-order valence-electron chi connectivity index (χ4n) is 2.37. The SMILES string of the molecule is CCOC(CC)(CC)C(=O)Cc1ccc(OC)c(Br)c1. The lowest BCUT2D eigenvalue weighted by Crippen LogP contribution is -2.41. The molecule has 0 saturated carbocycles. The molecule has 0 spiro atoms. The van der Waals surface area contributed by atoms with Crippen molar-refractivity contribution < 1.29 is 14.3 Å². The zero-order valence-corrected chi connectivity index (χ0v) is 14.2. The minimum atomic E-state index is -0.652. The van der Waals surface area contributed by atoms with Crippen LogP contribution in [0, 0.1) is 0 Å². The highest BCUT2D eigenvalue weighted by molar-refractivity contribution is 9.10. The van der Waals surface area contributed by atoms with Gasteiger partial charge < -0.3 is 9.47 Å². The van der Waals surface area contributed by atoms with Crippen LogP contribution in [0.25, 0.3) is 0 Å². The molecule has 20 heavy (non-hydrogen) atoms. The molecule has 0 saturated heterocycles. The topological polar surface area (TPSA) is 35.5 Å². The first-order valence-electron chi connectivity index (χ1n) is 7.02. The number of halogens is 1. The molecule has 0 aliphatic rings. The third-order valence-corrected chi connectivity index (χ3v) is 4.27. The van der Waals surface area contributed by atoms with Gasteiger partial charge in [-0.2, -0.15) is 0 Å². The lowest BCUT2D eigenvalue weighted by atomic mass is 9.88. The van der Waals surface area contributed by atoms with Crippen LogP contribution in [0.2, 0.25) is 0 Å². The second-order valence-corrected chi connectivity index (χ2v) is 5.56. The summed E-state index contributed by atoms with van der Waals surface area (Å²) in [6, 6.07) is 5.72. The molecule has 4 heteroatoms. The second-order valence-electron chi connectivity index (χ2n) is 4.70. The minimum absolute atomic E-state index is 0.140. The van der Waals surface area contributed by atoms with E-state index < -0.39 is 5.60 Å². The van der Waals surface area contributed by atoms with Crippen molar-refractivity contribution in [1.82, 2.24) is 0 Å². The molecule has 0 bridgehead atoms. The Morgan fingerprint density at radius 3 is 2.35 bits per heavy atom. The van der Waals surface area contributed by atoms with Gasteiger partial charge in [0.25, 0.3) is 0 Å². The van der Waals surface area contributed by atoms with E-state index in [-0.39, 0.29) is 5.78 Å². The summed E-state index contributed by atoms with van der Waals surface area (Å²) in [5.74, 6) is 0.907. The third kappa shape index (κ3) is 3.83. The minimum Gasteiger partial charge on any atom is -0.496 e. The monoisotopic (exact) mass is 342 g/mol. The van der Waals surface area contributed by atoms with Crippen molar-refractivity contribution in [1.29, 1.82) is 0 Å². The number of carbonyl (C=O) groups excluding carboxylic acids is 1. The first-order chi connectivity index (χ1) is 9.52. The van der Waals surface area contributed by atoms with Crippen LogP contribution in [-0.2, 0) is 16.0 Å². The molecule has 0 N–H and O–H groups in total. The van der Waals surface area contributed by atoms with Crippen LogP contribution in [-0.4, -0.2) is 25.1 Å². The highest BCUT2D eigenvalue weighted by atomic mass is 79.9. The summed E-state index contributed by atoms with van der Waals surface area (Å²) in [4.78, 5) is 12.6. The lowest BCUT2D eigenvalue weighted by molar-refractivity contribution is -0.144. The average molecular weight is 343 g/mol. The Balaban J connectivity index is 2.90. The van der Waals surface area contributed by atoms with Crippen molar-refractivity contribution in [3.8, 4) is 5.75 Å². The zero-order chi connectivity index (χ0) is 15.2. The molecule has 0 aliphatic carbocycles. The Labute approximate surface area is 129 Å². The van der Waals surface area contributed by atoms with Crippen molar-refractivity contribution in [2.24, 2.45) is 0 Å². The number of methoxy groups -OCH3 is 1. The molecule has 0 aliphatic heterocycles. The number of ether oxygens (including phenoxy) is 2. The molecule has 1 aromatic rings. The molecular weight excluding hydrogens is 320 g/mol. The standard InChI is InChI=1S/C16H23BrO3/c1-5-16(6-2,20-7-3)15(18)11-12-8-9-14(19-4)13(17)10-12/h8-10H,5-7,11H2,1-4H3. The van der Waals surface area contributed by atoms with Crippen molar-refractivity contribution in [3.05, 3.63) is 28.2 Å². The van der Waals surface area contributed by atoms with Crippen molar-refractivity contribution in [2.75, 3.05) is 13.7 Å². The number of hydrogen-bond acceptors (Lipinski definition) is 3. The quantitative estimate of drug-likeness (QED) is 0.711. The number of hydrogen-bond donors (Lipinski definition) is 0. The van der Waals surface area contributed by atoms with Gasteiger partial charge in [0.15, 0.2) is 5.78 Å². The number of benzene rings is 1. The second kappa shape index (κ2) is 7.79. The van der Waals surface area contributed by atoms with E-state index in [2.05, 4.69) is 15.9 Å². The molecule has 0 aromatic heterocycles. The number of rotatable bonds is 8. The van der Waals surface area contributed by atoms with Gasteiger partial charge in [0.05, 0.1) is 11.6 Å². The van der Waals surface area contributed by atoms with Gasteiger partial charge in [0, 0.05) is 13.0 Å². The van der Waals surface area contributed by atoms with E-state index in [0.717, 1.165) is 15.8 Å². The molecular formula is C16H23BrO3. The van der Waals surface area contributed by atoms with Crippen LogP contribution in [0.5, 0.6) is 5.75 Å². The molecule has 0 heterocycles. The van der Waals surface area contributed by atoms with Gasteiger partial charge in [-0.3, -0.25) is 4.79 Å². The summed E-state index contributed by atoms with van der Waals surface area (Å²) in [5, 5.41) is 0. The van der Waals surface area contributed by atoms with Crippen LogP contribution in [0.1, 0.15) is 39.2 Å². The van der Waals surface area contributed by atoms with E-state index >= 15 is 0 Å². The van der Waals surface area contributed by atoms with E-state index in [1.165, 1.54) is 0 Å². The van der Waals surface area contributed by atoms with Gasteiger partial charge in [0.2, 0.25) is 0 Å². The van der Waals surface area contributed by atoms with Gasteiger partial charge in [-0.15, -0.1) is 0 Å². The highest BCUT2D eigenvalue weighted by Gasteiger charge is 2.34. The first kappa shape index (κ1) is 17.2. The van der Waals surface area contributed by atoms with Gasteiger partial charge in [-0.1, -0.05) is 19.9 Å². The highest BCUT2D eigenvalue weighted by Crippen LogP contribution is 2.28. The molecule has 0 atom stereocenters. The van der Waals surface area contributed by atoms with Crippen LogP contribution in [0.3, 0.4) is 0 Å². The smallest absolute Gasteiger partial charge is 0.168 e. The molecule has 0 amide bonds. The lowest BCUT2D eigenvalue weighted by Gasteiger charge is -2.30. The predicted molar refractivity (Wildman–Crippen MR) is 84.3 cm³/mol. The van der Waals surface area contributed by atoms with Crippen LogP contribution < -0.4 is 4.74 Å².